The lowest BCUT2D eigenvalue weighted by Crippen LogP contribution is -2.13. The zero-order chi connectivity index (χ0) is 12.6. The summed E-state index contributed by atoms with van der Waals surface area (Å²) in [4.78, 5) is 15.4. The number of aryl methyl sites for hydroxylation is 2. The van der Waals surface area contributed by atoms with Crippen LogP contribution in [0.1, 0.15) is 16.8 Å². The molecule has 0 saturated heterocycles. The van der Waals surface area contributed by atoms with Gasteiger partial charge in [0.15, 0.2) is 0 Å². The first-order valence-corrected chi connectivity index (χ1v) is 5.70. The van der Waals surface area contributed by atoms with Gasteiger partial charge in [0, 0.05) is 11.1 Å². The summed E-state index contributed by atoms with van der Waals surface area (Å²) >= 11 is 6.19. The summed E-state index contributed by atoms with van der Waals surface area (Å²) in [7, 11) is 0. The quantitative estimate of drug-likeness (QED) is 0.888. The number of carbonyl (C=O) groups excluding carboxylic acids is 1. The maximum Gasteiger partial charge on any atom is 0.221 e. The lowest BCUT2D eigenvalue weighted by molar-refractivity contribution is -0.117. The van der Waals surface area contributed by atoms with Crippen molar-refractivity contribution in [2.24, 2.45) is 5.73 Å². The maximum atomic E-state index is 10.9. The molecule has 2 N–H and O–H groups in total. The summed E-state index contributed by atoms with van der Waals surface area (Å²) in [5.74, 6) is -0.347. The van der Waals surface area contributed by atoms with Gasteiger partial charge in [0.2, 0.25) is 5.91 Å². The van der Waals surface area contributed by atoms with Crippen molar-refractivity contribution in [2.75, 3.05) is 0 Å². The Morgan fingerprint density at radius 1 is 1.35 bits per heavy atom. The topological polar surface area (TPSA) is 56.0 Å². The van der Waals surface area contributed by atoms with Gasteiger partial charge in [-0.25, -0.2) is 0 Å². The van der Waals surface area contributed by atoms with E-state index in [0.29, 0.717) is 5.02 Å². The molecule has 2 aromatic rings. The van der Waals surface area contributed by atoms with E-state index in [1.807, 2.05) is 32.0 Å². The third-order valence-corrected chi connectivity index (χ3v) is 2.93. The Morgan fingerprint density at radius 3 is 2.71 bits per heavy atom. The summed E-state index contributed by atoms with van der Waals surface area (Å²) in [5, 5.41) is 1.52. The predicted molar refractivity (Wildman–Crippen MR) is 69.1 cm³/mol. The van der Waals surface area contributed by atoms with Crippen LogP contribution in [-0.4, -0.2) is 10.9 Å². The molecule has 0 aliphatic rings. The largest absolute Gasteiger partial charge is 0.369 e. The number of benzene rings is 1. The van der Waals surface area contributed by atoms with Crippen molar-refractivity contribution in [3.05, 3.63) is 40.0 Å². The van der Waals surface area contributed by atoms with Gasteiger partial charge in [0.25, 0.3) is 0 Å². The van der Waals surface area contributed by atoms with Crippen LogP contribution < -0.4 is 5.73 Å². The van der Waals surface area contributed by atoms with E-state index in [0.717, 1.165) is 27.7 Å². The highest BCUT2D eigenvalue weighted by molar-refractivity contribution is 6.35. The highest BCUT2D eigenvalue weighted by Gasteiger charge is 2.08. The molecular weight excluding hydrogens is 236 g/mol. The van der Waals surface area contributed by atoms with Crippen LogP contribution in [0, 0.1) is 13.8 Å². The molecule has 1 heterocycles. The second kappa shape index (κ2) is 4.34. The third-order valence-electron chi connectivity index (χ3n) is 2.62. The molecule has 0 atom stereocenters. The second-order valence-corrected chi connectivity index (χ2v) is 4.60. The second-order valence-electron chi connectivity index (χ2n) is 4.20. The molecule has 2 rings (SSSR count). The molecule has 0 fully saturated rings. The minimum Gasteiger partial charge on any atom is -0.369 e. The number of aromatic nitrogens is 1. The summed E-state index contributed by atoms with van der Waals surface area (Å²) in [6, 6.07) is 5.62. The number of amides is 1. The molecule has 0 bridgehead atoms. The van der Waals surface area contributed by atoms with E-state index < -0.39 is 0 Å². The molecule has 88 valence electrons. The number of fused-ring (bicyclic) bond motifs is 1. The van der Waals surface area contributed by atoms with Crippen LogP contribution in [0.5, 0.6) is 0 Å². The molecule has 1 aromatic heterocycles. The molecule has 0 saturated carbocycles. The van der Waals surface area contributed by atoms with Gasteiger partial charge in [-0.2, -0.15) is 0 Å². The van der Waals surface area contributed by atoms with E-state index in [4.69, 9.17) is 17.3 Å². The first-order chi connectivity index (χ1) is 7.97. The Kier molecular flexibility index (Phi) is 3.03. The van der Waals surface area contributed by atoms with Crippen molar-refractivity contribution in [1.82, 2.24) is 4.98 Å². The molecule has 17 heavy (non-hydrogen) atoms. The van der Waals surface area contributed by atoms with E-state index in [9.17, 15) is 4.79 Å². The fourth-order valence-corrected chi connectivity index (χ4v) is 2.26. The number of halogens is 1. The van der Waals surface area contributed by atoms with Crippen LogP contribution in [0.2, 0.25) is 5.02 Å². The van der Waals surface area contributed by atoms with Gasteiger partial charge in [-0.05, 0) is 37.1 Å². The molecule has 3 nitrogen and oxygen atoms in total. The van der Waals surface area contributed by atoms with Crippen LogP contribution in [0.3, 0.4) is 0 Å². The third kappa shape index (κ3) is 2.39. The standard InChI is InChI=1S/C13H13ClN2O/c1-7-3-9(6-12(15)17)5-10-11(14)4-8(2)16-13(7)10/h3-5H,6H2,1-2H3,(H2,15,17). The van der Waals surface area contributed by atoms with Crippen LogP contribution in [0.15, 0.2) is 18.2 Å². The number of carbonyl (C=O) groups is 1. The van der Waals surface area contributed by atoms with Crippen LogP contribution in [0.4, 0.5) is 0 Å². The highest BCUT2D eigenvalue weighted by Crippen LogP contribution is 2.27. The highest BCUT2D eigenvalue weighted by atomic mass is 35.5. The number of pyridine rings is 1. The van der Waals surface area contributed by atoms with Gasteiger partial charge in [-0.15, -0.1) is 0 Å². The number of hydrogen-bond donors (Lipinski definition) is 1. The Bertz CT molecular complexity index is 608. The number of rotatable bonds is 2. The van der Waals surface area contributed by atoms with Crippen LogP contribution >= 0.6 is 11.6 Å². The summed E-state index contributed by atoms with van der Waals surface area (Å²) in [5.41, 5.74) is 8.83. The molecule has 1 aromatic carbocycles. The normalized spacial score (nSPS) is 10.8. The number of nitrogens with two attached hydrogens (primary N) is 1. The van der Waals surface area contributed by atoms with Crippen molar-refractivity contribution in [3.8, 4) is 0 Å². The molecule has 0 aliphatic heterocycles. The van der Waals surface area contributed by atoms with Crippen molar-refractivity contribution < 1.29 is 4.79 Å². The molecule has 1 amide bonds. The Morgan fingerprint density at radius 2 is 2.06 bits per heavy atom. The molecule has 4 heteroatoms. The van der Waals surface area contributed by atoms with Gasteiger partial charge in [-0.1, -0.05) is 17.7 Å². The van der Waals surface area contributed by atoms with E-state index in [2.05, 4.69) is 4.98 Å². The first kappa shape index (κ1) is 11.9. The lowest BCUT2D eigenvalue weighted by Gasteiger charge is -2.08. The molecule has 0 unspecified atom stereocenters. The predicted octanol–water partition coefficient (Wildman–Crippen LogP) is 2.53. The molecule has 0 spiro atoms. The minimum atomic E-state index is -0.347. The fraction of sp³-hybridized carbons (Fsp3) is 0.231. The first-order valence-electron chi connectivity index (χ1n) is 5.32. The van der Waals surface area contributed by atoms with Gasteiger partial charge in [0.05, 0.1) is 17.0 Å². The monoisotopic (exact) mass is 248 g/mol. The van der Waals surface area contributed by atoms with Gasteiger partial charge in [-0.3, -0.25) is 9.78 Å². The molecule has 0 aliphatic carbocycles. The van der Waals surface area contributed by atoms with Gasteiger partial charge < -0.3 is 5.73 Å². The average molecular weight is 249 g/mol. The minimum absolute atomic E-state index is 0.223. The summed E-state index contributed by atoms with van der Waals surface area (Å²) in [6.45, 7) is 3.86. The zero-order valence-electron chi connectivity index (χ0n) is 9.75. The number of nitrogens with zero attached hydrogens (tertiary/aromatic N) is 1. The summed E-state index contributed by atoms with van der Waals surface area (Å²) in [6.07, 6.45) is 0.223. The molecular formula is C13H13ClN2O. The van der Waals surface area contributed by atoms with Crippen molar-refractivity contribution in [1.29, 1.82) is 0 Å². The average Bonchev–Trinajstić information content (AvgIpc) is 2.19. The number of hydrogen-bond acceptors (Lipinski definition) is 2. The Hall–Kier alpha value is -1.61. The van der Waals surface area contributed by atoms with Gasteiger partial charge in [0.1, 0.15) is 0 Å². The van der Waals surface area contributed by atoms with Crippen molar-refractivity contribution in [2.45, 2.75) is 20.3 Å². The van der Waals surface area contributed by atoms with Crippen molar-refractivity contribution in [3.63, 3.8) is 0 Å². The van der Waals surface area contributed by atoms with Gasteiger partial charge >= 0.3 is 0 Å². The lowest BCUT2D eigenvalue weighted by atomic mass is 10.0. The van der Waals surface area contributed by atoms with E-state index >= 15 is 0 Å². The van der Waals surface area contributed by atoms with Crippen LogP contribution in [0.25, 0.3) is 10.9 Å². The van der Waals surface area contributed by atoms with E-state index in [1.165, 1.54) is 0 Å². The van der Waals surface area contributed by atoms with E-state index in [1.54, 1.807) is 0 Å². The zero-order valence-corrected chi connectivity index (χ0v) is 10.5. The SMILES string of the molecule is Cc1cc(Cl)c2cc(CC(N)=O)cc(C)c2n1. The Labute approximate surface area is 105 Å². The smallest absolute Gasteiger partial charge is 0.221 e. The molecule has 0 radical (unpaired) electrons. The fourth-order valence-electron chi connectivity index (χ4n) is 1.96. The number of primary amides is 1. The Balaban J connectivity index is 2.68. The maximum absolute atomic E-state index is 10.9. The van der Waals surface area contributed by atoms with E-state index in [-0.39, 0.29) is 12.3 Å². The summed E-state index contributed by atoms with van der Waals surface area (Å²) < 4.78 is 0. The van der Waals surface area contributed by atoms with Crippen molar-refractivity contribution >= 4 is 28.4 Å². The van der Waals surface area contributed by atoms with Crippen LogP contribution in [-0.2, 0) is 11.2 Å².